The highest BCUT2D eigenvalue weighted by molar-refractivity contribution is 7.99. The molecular formula is C20H22Cl2N2OS. The van der Waals surface area contributed by atoms with E-state index in [-0.39, 0.29) is 5.75 Å². The van der Waals surface area contributed by atoms with Crippen LogP contribution in [-0.4, -0.2) is 23.2 Å². The van der Waals surface area contributed by atoms with E-state index in [1.807, 2.05) is 24.4 Å². The van der Waals surface area contributed by atoms with Crippen molar-refractivity contribution in [2.45, 2.75) is 48.4 Å². The van der Waals surface area contributed by atoms with Crippen molar-refractivity contribution in [2.24, 2.45) is 5.41 Å². The topological polar surface area (TPSA) is 36.4 Å². The Labute approximate surface area is 168 Å². The first kappa shape index (κ1) is 18.3. The Hall–Kier alpha value is -1.10. The fraction of sp³-hybridized carbons (Fsp3) is 0.450. The molecule has 2 aromatic rings. The van der Waals surface area contributed by atoms with Crippen LogP contribution >= 0.6 is 35.0 Å². The number of hydrogen-bond acceptors (Lipinski definition) is 4. The summed E-state index contributed by atoms with van der Waals surface area (Å²) < 4.78 is 0. The lowest BCUT2D eigenvalue weighted by atomic mass is 9.77. The standard InChI is InChI=1S/C20H22Cl2N2OS/c21-15-4-3-5-17(18(15)22)26-19-16(25)12-14(13-23-19)24-10-8-20(9-11-24)6-1-2-7-20/h3-5,12-13,25H,1-2,6-11H2. The highest BCUT2D eigenvalue weighted by Gasteiger charge is 2.37. The van der Waals surface area contributed by atoms with E-state index in [0.717, 1.165) is 23.7 Å². The molecule has 1 saturated heterocycles. The number of pyridine rings is 1. The zero-order valence-corrected chi connectivity index (χ0v) is 16.9. The first-order valence-corrected chi connectivity index (χ1v) is 10.7. The first-order chi connectivity index (χ1) is 12.6. The molecule has 4 rings (SSSR count). The van der Waals surface area contributed by atoms with Gasteiger partial charge in [-0.25, -0.2) is 4.98 Å². The number of halogens is 2. The number of aromatic hydroxyl groups is 1. The van der Waals surface area contributed by atoms with Gasteiger partial charge in [-0.2, -0.15) is 0 Å². The van der Waals surface area contributed by atoms with Gasteiger partial charge < -0.3 is 10.0 Å². The van der Waals surface area contributed by atoms with Gasteiger partial charge >= 0.3 is 0 Å². The Balaban J connectivity index is 1.47. The van der Waals surface area contributed by atoms with Gasteiger partial charge in [-0.05, 0) is 43.2 Å². The molecule has 2 fully saturated rings. The molecule has 0 unspecified atom stereocenters. The molecular weight excluding hydrogens is 387 g/mol. The summed E-state index contributed by atoms with van der Waals surface area (Å²) in [6, 6.07) is 7.28. The van der Waals surface area contributed by atoms with E-state index in [1.165, 1.54) is 50.3 Å². The summed E-state index contributed by atoms with van der Waals surface area (Å²) in [5.74, 6) is 0.185. The molecule has 1 N–H and O–H groups in total. The molecule has 2 heterocycles. The third-order valence-corrected chi connectivity index (χ3v) is 7.79. The molecule has 6 heteroatoms. The molecule has 0 bridgehead atoms. The third-order valence-electron chi connectivity index (χ3n) is 5.79. The monoisotopic (exact) mass is 408 g/mol. The smallest absolute Gasteiger partial charge is 0.150 e. The Morgan fingerprint density at radius 2 is 1.81 bits per heavy atom. The van der Waals surface area contributed by atoms with Crippen molar-refractivity contribution in [3.63, 3.8) is 0 Å². The predicted molar refractivity (Wildman–Crippen MR) is 109 cm³/mol. The zero-order chi connectivity index (χ0) is 18.1. The van der Waals surface area contributed by atoms with E-state index < -0.39 is 0 Å². The van der Waals surface area contributed by atoms with Gasteiger partial charge in [0.1, 0.15) is 10.8 Å². The van der Waals surface area contributed by atoms with Crippen LogP contribution < -0.4 is 4.90 Å². The van der Waals surface area contributed by atoms with Crippen molar-refractivity contribution in [3.05, 3.63) is 40.5 Å². The van der Waals surface area contributed by atoms with Crippen LogP contribution in [0.2, 0.25) is 10.0 Å². The normalized spacial score (nSPS) is 19.2. The molecule has 1 spiro atoms. The van der Waals surface area contributed by atoms with Crippen LogP contribution in [0.5, 0.6) is 5.75 Å². The Bertz CT molecular complexity index is 798. The van der Waals surface area contributed by atoms with Crippen LogP contribution in [-0.2, 0) is 0 Å². The zero-order valence-electron chi connectivity index (χ0n) is 14.5. The second-order valence-electron chi connectivity index (χ2n) is 7.37. The third kappa shape index (κ3) is 3.64. The van der Waals surface area contributed by atoms with Crippen LogP contribution in [0.25, 0.3) is 0 Å². The Morgan fingerprint density at radius 3 is 2.50 bits per heavy atom. The van der Waals surface area contributed by atoms with Crippen molar-refractivity contribution in [3.8, 4) is 5.75 Å². The van der Waals surface area contributed by atoms with Gasteiger partial charge in [0.15, 0.2) is 0 Å². The van der Waals surface area contributed by atoms with E-state index in [2.05, 4.69) is 9.88 Å². The van der Waals surface area contributed by atoms with Gasteiger partial charge in [0.2, 0.25) is 0 Å². The first-order valence-electron chi connectivity index (χ1n) is 9.12. The van der Waals surface area contributed by atoms with Gasteiger partial charge in [0.25, 0.3) is 0 Å². The second kappa shape index (κ2) is 7.49. The van der Waals surface area contributed by atoms with E-state index in [1.54, 1.807) is 6.07 Å². The minimum Gasteiger partial charge on any atom is -0.505 e. The largest absolute Gasteiger partial charge is 0.505 e. The van der Waals surface area contributed by atoms with Crippen LogP contribution in [0, 0.1) is 5.41 Å². The molecule has 3 nitrogen and oxygen atoms in total. The summed E-state index contributed by atoms with van der Waals surface area (Å²) in [7, 11) is 0. The molecule has 0 radical (unpaired) electrons. The average Bonchev–Trinajstić information content (AvgIpc) is 3.09. The average molecular weight is 409 g/mol. The quantitative estimate of drug-likeness (QED) is 0.636. The molecule has 1 aliphatic heterocycles. The number of aromatic nitrogens is 1. The summed E-state index contributed by atoms with van der Waals surface area (Å²) in [4.78, 5) is 7.61. The van der Waals surface area contributed by atoms with Gasteiger partial charge in [-0.15, -0.1) is 0 Å². The molecule has 1 saturated carbocycles. The minimum absolute atomic E-state index is 0.185. The highest BCUT2D eigenvalue weighted by atomic mass is 35.5. The number of benzene rings is 1. The molecule has 1 aliphatic carbocycles. The second-order valence-corrected chi connectivity index (χ2v) is 9.18. The molecule has 1 aromatic carbocycles. The Morgan fingerprint density at radius 1 is 1.08 bits per heavy atom. The van der Waals surface area contributed by atoms with Crippen molar-refractivity contribution in [1.29, 1.82) is 0 Å². The fourth-order valence-electron chi connectivity index (χ4n) is 4.21. The summed E-state index contributed by atoms with van der Waals surface area (Å²) >= 11 is 13.6. The summed E-state index contributed by atoms with van der Waals surface area (Å²) in [5, 5.41) is 12.0. The number of nitrogens with zero attached hydrogens (tertiary/aromatic N) is 2. The maximum absolute atomic E-state index is 10.5. The van der Waals surface area contributed by atoms with Crippen LogP contribution in [0.4, 0.5) is 5.69 Å². The van der Waals surface area contributed by atoms with Crippen molar-refractivity contribution in [2.75, 3.05) is 18.0 Å². The van der Waals surface area contributed by atoms with Gasteiger partial charge in [-0.1, -0.05) is 53.9 Å². The van der Waals surface area contributed by atoms with Crippen molar-refractivity contribution >= 4 is 40.7 Å². The van der Waals surface area contributed by atoms with Gasteiger partial charge in [0.05, 0.1) is 21.9 Å². The molecule has 0 atom stereocenters. The fourth-order valence-corrected chi connectivity index (χ4v) is 5.51. The summed E-state index contributed by atoms with van der Waals surface area (Å²) in [5.41, 5.74) is 1.59. The van der Waals surface area contributed by atoms with Crippen molar-refractivity contribution < 1.29 is 5.11 Å². The lowest BCUT2D eigenvalue weighted by Crippen LogP contribution is -2.38. The van der Waals surface area contributed by atoms with Crippen LogP contribution in [0.15, 0.2) is 40.4 Å². The number of piperidine rings is 1. The summed E-state index contributed by atoms with van der Waals surface area (Å²) in [6.07, 6.45) is 9.92. The number of hydrogen-bond donors (Lipinski definition) is 1. The number of rotatable bonds is 3. The lowest BCUT2D eigenvalue weighted by molar-refractivity contribution is 0.226. The predicted octanol–water partition coefficient (Wildman–Crippen LogP) is 6.41. The molecule has 26 heavy (non-hydrogen) atoms. The van der Waals surface area contributed by atoms with Crippen molar-refractivity contribution in [1.82, 2.24) is 4.98 Å². The SMILES string of the molecule is Oc1cc(N2CCC3(CCCC3)CC2)cnc1Sc1cccc(Cl)c1Cl. The van der Waals surface area contributed by atoms with E-state index in [9.17, 15) is 5.11 Å². The minimum atomic E-state index is 0.185. The van der Waals surface area contributed by atoms with Gasteiger partial charge in [-0.3, -0.25) is 0 Å². The van der Waals surface area contributed by atoms with Gasteiger partial charge in [0, 0.05) is 24.1 Å². The van der Waals surface area contributed by atoms with E-state index >= 15 is 0 Å². The highest BCUT2D eigenvalue weighted by Crippen LogP contribution is 2.47. The van der Waals surface area contributed by atoms with E-state index in [4.69, 9.17) is 23.2 Å². The lowest BCUT2D eigenvalue weighted by Gasteiger charge is -2.40. The molecule has 1 aromatic heterocycles. The number of anilines is 1. The molecule has 2 aliphatic rings. The molecule has 138 valence electrons. The van der Waals surface area contributed by atoms with Crippen LogP contribution in [0.1, 0.15) is 38.5 Å². The maximum Gasteiger partial charge on any atom is 0.150 e. The Kier molecular flexibility index (Phi) is 5.27. The maximum atomic E-state index is 10.5. The molecule has 0 amide bonds. The van der Waals surface area contributed by atoms with Crippen LogP contribution in [0.3, 0.4) is 0 Å². The van der Waals surface area contributed by atoms with E-state index in [0.29, 0.717) is 20.5 Å². The summed E-state index contributed by atoms with van der Waals surface area (Å²) in [6.45, 7) is 2.10.